The van der Waals surface area contributed by atoms with Crippen molar-refractivity contribution in [3.8, 4) is 17.2 Å². The Hall–Kier alpha value is -3.15. The quantitative estimate of drug-likeness (QED) is 0.619. The number of rotatable bonds is 6. The highest BCUT2D eigenvalue weighted by Gasteiger charge is 2.11. The van der Waals surface area contributed by atoms with Crippen LogP contribution in [0.1, 0.15) is 35.7 Å². The highest BCUT2D eigenvalue weighted by Crippen LogP contribution is 2.20. The van der Waals surface area contributed by atoms with Gasteiger partial charge in [0, 0.05) is 5.56 Å². The molecule has 0 N–H and O–H groups in total. The van der Waals surface area contributed by atoms with Crippen LogP contribution in [0.3, 0.4) is 0 Å². The third-order valence-corrected chi connectivity index (χ3v) is 3.56. The van der Waals surface area contributed by atoms with E-state index in [0.29, 0.717) is 23.1 Å². The number of carbonyl (C=O) groups excluding carboxylic acids is 1. The highest BCUT2D eigenvalue weighted by molar-refractivity contribution is 5.89. The molecule has 0 amide bonds. The summed E-state index contributed by atoms with van der Waals surface area (Å²) >= 11 is 0. The third-order valence-electron chi connectivity index (χ3n) is 3.56. The minimum Gasteiger partial charge on any atom is -0.484 e. The van der Waals surface area contributed by atoms with Gasteiger partial charge in [0.2, 0.25) is 5.89 Å². The van der Waals surface area contributed by atoms with E-state index in [0.717, 1.165) is 11.1 Å². The monoisotopic (exact) mass is 352 g/mol. The van der Waals surface area contributed by atoms with Gasteiger partial charge in [-0.3, -0.25) is 0 Å². The molecular formula is C20H20N2O4. The lowest BCUT2D eigenvalue weighted by molar-refractivity contribution is 0.0378. The van der Waals surface area contributed by atoms with Gasteiger partial charge < -0.3 is 13.9 Å². The first-order chi connectivity index (χ1) is 12.5. The zero-order valence-electron chi connectivity index (χ0n) is 14.9. The van der Waals surface area contributed by atoms with Gasteiger partial charge in [-0.25, -0.2) is 4.79 Å². The van der Waals surface area contributed by atoms with Crippen LogP contribution >= 0.6 is 0 Å². The molecule has 26 heavy (non-hydrogen) atoms. The van der Waals surface area contributed by atoms with E-state index in [-0.39, 0.29) is 18.7 Å². The lowest BCUT2D eigenvalue weighted by Crippen LogP contribution is -2.11. The second kappa shape index (κ2) is 7.82. The van der Waals surface area contributed by atoms with Gasteiger partial charge in [-0.15, -0.1) is 10.2 Å². The standard InChI is InChI=1S/C20H20N2O4/c1-13(2)25-20(23)16-8-10-17(11-9-16)24-12-18-21-22-19(26-18)15-6-4-14(3)5-7-15/h4-11,13H,12H2,1-3H3. The molecule has 0 fully saturated rings. The van der Waals surface area contributed by atoms with Crippen molar-refractivity contribution in [2.24, 2.45) is 0 Å². The summed E-state index contributed by atoms with van der Waals surface area (Å²) in [5.41, 5.74) is 2.51. The summed E-state index contributed by atoms with van der Waals surface area (Å²) in [5.74, 6) is 1.08. The molecule has 0 bridgehead atoms. The van der Waals surface area contributed by atoms with Gasteiger partial charge in [0.05, 0.1) is 11.7 Å². The van der Waals surface area contributed by atoms with Crippen LogP contribution in [0.5, 0.6) is 5.75 Å². The van der Waals surface area contributed by atoms with Crippen molar-refractivity contribution in [2.75, 3.05) is 0 Å². The van der Waals surface area contributed by atoms with Crippen molar-refractivity contribution in [1.82, 2.24) is 10.2 Å². The molecule has 2 aromatic carbocycles. The summed E-state index contributed by atoms with van der Waals surface area (Å²) in [7, 11) is 0. The molecule has 0 radical (unpaired) electrons. The number of benzene rings is 2. The third kappa shape index (κ3) is 4.47. The van der Waals surface area contributed by atoms with E-state index in [1.807, 2.05) is 45.0 Å². The van der Waals surface area contributed by atoms with Crippen LogP contribution in [-0.2, 0) is 11.3 Å². The number of carbonyl (C=O) groups is 1. The summed E-state index contributed by atoms with van der Waals surface area (Å²) in [6, 6.07) is 14.6. The predicted octanol–water partition coefficient (Wildman–Crippen LogP) is 4.19. The second-order valence-corrected chi connectivity index (χ2v) is 6.13. The van der Waals surface area contributed by atoms with Crippen LogP contribution in [0.4, 0.5) is 0 Å². The van der Waals surface area contributed by atoms with E-state index in [9.17, 15) is 4.79 Å². The minimum atomic E-state index is -0.355. The summed E-state index contributed by atoms with van der Waals surface area (Å²) in [5, 5.41) is 8.03. The molecule has 0 spiro atoms. The number of aryl methyl sites for hydroxylation is 1. The molecule has 6 nitrogen and oxygen atoms in total. The number of esters is 1. The number of aromatic nitrogens is 2. The van der Waals surface area contributed by atoms with Crippen molar-refractivity contribution in [1.29, 1.82) is 0 Å². The SMILES string of the molecule is Cc1ccc(-c2nnc(COc3ccc(C(=O)OC(C)C)cc3)o2)cc1. The van der Waals surface area contributed by atoms with Gasteiger partial charge in [0.15, 0.2) is 6.61 Å². The summed E-state index contributed by atoms with van der Waals surface area (Å²) in [6.07, 6.45) is -0.154. The van der Waals surface area contributed by atoms with E-state index < -0.39 is 0 Å². The van der Waals surface area contributed by atoms with Crippen LogP contribution < -0.4 is 4.74 Å². The fourth-order valence-electron chi connectivity index (χ4n) is 2.24. The average Bonchev–Trinajstić information content (AvgIpc) is 3.09. The number of hydrogen-bond acceptors (Lipinski definition) is 6. The van der Waals surface area contributed by atoms with Crippen LogP contribution in [0, 0.1) is 6.92 Å². The van der Waals surface area contributed by atoms with E-state index in [1.54, 1.807) is 24.3 Å². The Morgan fingerprint density at radius 2 is 1.73 bits per heavy atom. The molecule has 0 atom stereocenters. The van der Waals surface area contributed by atoms with Gasteiger partial charge in [0.25, 0.3) is 5.89 Å². The van der Waals surface area contributed by atoms with E-state index in [1.165, 1.54) is 0 Å². The van der Waals surface area contributed by atoms with Crippen molar-refractivity contribution in [3.63, 3.8) is 0 Å². The number of hydrogen-bond donors (Lipinski definition) is 0. The van der Waals surface area contributed by atoms with E-state index in [4.69, 9.17) is 13.9 Å². The summed E-state index contributed by atoms with van der Waals surface area (Å²) in [4.78, 5) is 11.8. The fraction of sp³-hybridized carbons (Fsp3) is 0.250. The van der Waals surface area contributed by atoms with Gasteiger partial charge in [-0.2, -0.15) is 0 Å². The molecule has 0 aliphatic carbocycles. The van der Waals surface area contributed by atoms with Gasteiger partial charge in [-0.1, -0.05) is 17.7 Å². The van der Waals surface area contributed by atoms with Gasteiger partial charge in [0.1, 0.15) is 5.75 Å². The molecule has 0 aliphatic rings. The molecule has 134 valence electrons. The van der Waals surface area contributed by atoms with E-state index >= 15 is 0 Å². The van der Waals surface area contributed by atoms with Crippen LogP contribution in [-0.4, -0.2) is 22.3 Å². The lowest BCUT2D eigenvalue weighted by atomic mass is 10.1. The van der Waals surface area contributed by atoms with Gasteiger partial charge in [-0.05, 0) is 57.2 Å². The minimum absolute atomic E-state index is 0.147. The summed E-state index contributed by atoms with van der Waals surface area (Å²) in [6.45, 7) is 5.79. The van der Waals surface area contributed by atoms with Crippen molar-refractivity contribution in [2.45, 2.75) is 33.5 Å². The maximum absolute atomic E-state index is 11.8. The Bertz CT molecular complexity index is 868. The zero-order chi connectivity index (χ0) is 18.5. The molecular weight excluding hydrogens is 332 g/mol. The highest BCUT2D eigenvalue weighted by atomic mass is 16.5. The average molecular weight is 352 g/mol. The lowest BCUT2D eigenvalue weighted by Gasteiger charge is -2.08. The smallest absolute Gasteiger partial charge is 0.338 e. The first-order valence-corrected chi connectivity index (χ1v) is 8.34. The molecule has 3 aromatic rings. The Morgan fingerprint density at radius 1 is 1.04 bits per heavy atom. The Balaban J connectivity index is 1.59. The van der Waals surface area contributed by atoms with Crippen LogP contribution in [0.2, 0.25) is 0 Å². The maximum Gasteiger partial charge on any atom is 0.338 e. The van der Waals surface area contributed by atoms with Crippen molar-refractivity contribution in [3.05, 3.63) is 65.5 Å². The topological polar surface area (TPSA) is 74.5 Å². The predicted molar refractivity (Wildman–Crippen MR) is 95.8 cm³/mol. The van der Waals surface area contributed by atoms with Crippen molar-refractivity contribution < 1.29 is 18.7 Å². The van der Waals surface area contributed by atoms with Crippen molar-refractivity contribution >= 4 is 5.97 Å². The normalized spacial score (nSPS) is 10.8. The molecule has 0 saturated carbocycles. The van der Waals surface area contributed by atoms with Crippen LogP contribution in [0.25, 0.3) is 11.5 Å². The molecule has 3 rings (SSSR count). The second-order valence-electron chi connectivity index (χ2n) is 6.13. The first-order valence-electron chi connectivity index (χ1n) is 8.34. The first kappa shape index (κ1) is 17.7. The molecule has 1 heterocycles. The number of nitrogens with zero attached hydrogens (tertiary/aromatic N) is 2. The molecule has 0 unspecified atom stereocenters. The Kier molecular flexibility index (Phi) is 5.31. The van der Waals surface area contributed by atoms with Gasteiger partial charge >= 0.3 is 5.97 Å². The zero-order valence-corrected chi connectivity index (χ0v) is 14.9. The largest absolute Gasteiger partial charge is 0.484 e. The summed E-state index contributed by atoms with van der Waals surface area (Å²) < 4.78 is 16.4. The van der Waals surface area contributed by atoms with E-state index in [2.05, 4.69) is 10.2 Å². The number of ether oxygens (including phenoxy) is 2. The maximum atomic E-state index is 11.8. The molecule has 0 aliphatic heterocycles. The van der Waals surface area contributed by atoms with Crippen LogP contribution in [0.15, 0.2) is 52.9 Å². The fourth-order valence-corrected chi connectivity index (χ4v) is 2.24. The molecule has 1 aromatic heterocycles. The Morgan fingerprint density at radius 3 is 2.38 bits per heavy atom. The Labute approximate surface area is 151 Å². The molecule has 0 saturated heterocycles. The molecule has 6 heteroatoms.